The number of hydrogen-bond donors (Lipinski definition) is 1. The summed E-state index contributed by atoms with van der Waals surface area (Å²) in [5, 5.41) is 10.7. The van der Waals surface area contributed by atoms with Crippen molar-refractivity contribution in [2.24, 2.45) is 34.5 Å². The Bertz CT molecular complexity index is 550. The normalized spacial score (nSPS) is 54.0. The van der Waals surface area contributed by atoms with E-state index in [2.05, 4.69) is 26.8 Å². The molecule has 0 bridgehead atoms. The Kier molecular flexibility index (Phi) is 4.40. The highest BCUT2D eigenvalue weighted by Gasteiger charge is 2.61. The molecule has 0 aromatic rings. The highest BCUT2D eigenvalue weighted by molar-refractivity contribution is 5.24. The van der Waals surface area contributed by atoms with Crippen molar-refractivity contribution in [2.45, 2.75) is 84.2 Å². The summed E-state index contributed by atoms with van der Waals surface area (Å²) in [5.74, 6) is 3.24. The molecule has 25 heavy (non-hydrogen) atoms. The van der Waals surface area contributed by atoms with Gasteiger partial charge in [0.15, 0.2) is 0 Å². The molecule has 2 heteroatoms. The van der Waals surface area contributed by atoms with Crippen molar-refractivity contribution in [3.8, 4) is 0 Å². The van der Waals surface area contributed by atoms with Gasteiger partial charge in [-0.3, -0.25) is 0 Å². The van der Waals surface area contributed by atoms with E-state index in [1.807, 2.05) is 7.11 Å². The molecule has 0 aliphatic heterocycles. The number of hydrogen-bond acceptors (Lipinski definition) is 2. The van der Waals surface area contributed by atoms with E-state index in [1.54, 1.807) is 5.57 Å². The summed E-state index contributed by atoms with van der Waals surface area (Å²) in [7, 11) is 1.89. The first-order valence-corrected chi connectivity index (χ1v) is 10.7. The van der Waals surface area contributed by atoms with Crippen molar-refractivity contribution < 1.29 is 9.84 Å². The number of methoxy groups -OCH3 is 1. The van der Waals surface area contributed by atoms with E-state index in [-0.39, 0.29) is 0 Å². The van der Waals surface area contributed by atoms with Crippen molar-refractivity contribution >= 4 is 0 Å². The van der Waals surface area contributed by atoms with Crippen molar-refractivity contribution in [1.29, 1.82) is 0 Å². The minimum atomic E-state index is -0.455. The zero-order chi connectivity index (χ0) is 17.9. The Hall–Kier alpha value is -0.340. The molecule has 4 rings (SSSR count). The van der Waals surface area contributed by atoms with Crippen molar-refractivity contribution in [2.75, 3.05) is 13.7 Å². The Labute approximate surface area is 154 Å². The topological polar surface area (TPSA) is 29.5 Å². The number of ether oxygens (including phenoxy) is 1. The van der Waals surface area contributed by atoms with E-state index in [9.17, 15) is 5.11 Å². The van der Waals surface area contributed by atoms with Gasteiger partial charge in [0.1, 0.15) is 0 Å². The van der Waals surface area contributed by atoms with Crippen LogP contribution in [0.25, 0.3) is 0 Å². The van der Waals surface area contributed by atoms with Crippen LogP contribution in [-0.4, -0.2) is 24.4 Å². The first kappa shape index (κ1) is 18.0. The van der Waals surface area contributed by atoms with Crippen LogP contribution in [0.3, 0.4) is 0 Å². The van der Waals surface area contributed by atoms with Gasteiger partial charge in [0, 0.05) is 7.11 Å². The lowest BCUT2D eigenvalue weighted by Gasteiger charge is -2.62. The summed E-state index contributed by atoms with van der Waals surface area (Å²) in [6.45, 7) is 7.79. The number of rotatable bonds is 2. The molecule has 1 unspecified atom stereocenters. The third-order valence-corrected chi connectivity index (χ3v) is 9.26. The van der Waals surface area contributed by atoms with Crippen LogP contribution in [0.2, 0.25) is 0 Å². The first-order valence-electron chi connectivity index (χ1n) is 10.7. The van der Waals surface area contributed by atoms with Crippen LogP contribution in [0.4, 0.5) is 0 Å². The molecule has 0 radical (unpaired) electrons. The van der Waals surface area contributed by atoms with Gasteiger partial charge in [-0.1, -0.05) is 18.6 Å². The molecule has 0 saturated heterocycles. The Morgan fingerprint density at radius 3 is 2.60 bits per heavy atom. The number of aliphatic hydroxyl groups is 1. The fourth-order valence-electron chi connectivity index (χ4n) is 8.11. The molecule has 7 atom stereocenters. The summed E-state index contributed by atoms with van der Waals surface area (Å²) < 4.78 is 5.84. The molecule has 2 nitrogen and oxygen atoms in total. The second-order valence-electron chi connectivity index (χ2n) is 10.3. The summed E-state index contributed by atoms with van der Waals surface area (Å²) in [4.78, 5) is 0. The van der Waals surface area contributed by atoms with Crippen LogP contribution < -0.4 is 0 Å². The largest absolute Gasteiger partial charge is 0.390 e. The minimum absolute atomic E-state index is 0.333. The predicted molar refractivity (Wildman–Crippen MR) is 102 cm³/mol. The highest BCUT2D eigenvalue weighted by Crippen LogP contribution is 2.68. The van der Waals surface area contributed by atoms with Gasteiger partial charge in [-0.2, -0.15) is 0 Å². The van der Waals surface area contributed by atoms with Crippen LogP contribution in [0.15, 0.2) is 11.6 Å². The van der Waals surface area contributed by atoms with E-state index in [0.29, 0.717) is 16.7 Å². The second-order valence-corrected chi connectivity index (χ2v) is 10.3. The smallest absolute Gasteiger partial charge is 0.0622 e. The molecule has 0 spiro atoms. The molecular formula is C23H38O2. The maximum Gasteiger partial charge on any atom is 0.0622 e. The van der Waals surface area contributed by atoms with Gasteiger partial charge in [0.2, 0.25) is 0 Å². The third kappa shape index (κ3) is 2.57. The molecule has 4 aliphatic carbocycles. The Morgan fingerprint density at radius 2 is 1.88 bits per heavy atom. The van der Waals surface area contributed by atoms with Gasteiger partial charge in [-0.25, -0.2) is 0 Å². The summed E-state index contributed by atoms with van der Waals surface area (Å²) >= 11 is 0. The monoisotopic (exact) mass is 346 g/mol. The fraction of sp³-hybridized carbons (Fsp3) is 0.913. The predicted octanol–water partition coefficient (Wildman–Crippen LogP) is 5.35. The quantitative estimate of drug-likeness (QED) is 0.683. The zero-order valence-electron chi connectivity index (χ0n) is 16.8. The van der Waals surface area contributed by atoms with Crippen molar-refractivity contribution in [1.82, 2.24) is 0 Å². The van der Waals surface area contributed by atoms with Crippen LogP contribution >= 0.6 is 0 Å². The van der Waals surface area contributed by atoms with E-state index in [1.165, 1.54) is 44.9 Å². The van der Waals surface area contributed by atoms with Gasteiger partial charge >= 0.3 is 0 Å². The SMILES string of the molecule is CC=C1CC[C@H]2[C@@H]3CC[C@@H]4CC(C)(O)CC[C@]4(COC)[C@H]3CC[C@]12C. The Morgan fingerprint density at radius 1 is 1.08 bits per heavy atom. The van der Waals surface area contributed by atoms with E-state index in [4.69, 9.17) is 4.74 Å². The van der Waals surface area contributed by atoms with E-state index in [0.717, 1.165) is 37.2 Å². The molecule has 0 aromatic heterocycles. The molecule has 4 saturated carbocycles. The first-order chi connectivity index (χ1) is 11.9. The van der Waals surface area contributed by atoms with Crippen LogP contribution in [0, 0.1) is 34.5 Å². The Balaban J connectivity index is 1.66. The standard InChI is InChI=1S/C23H38O2/c1-5-16-7-9-19-18-8-6-17-14-21(2,24)12-13-23(17,15-25-4)20(18)10-11-22(16,19)3/h5,17-20,24H,6-15H2,1-4H3/t17-,18+,19+,20+,21?,22-,23-/m1/s1. The lowest BCUT2D eigenvalue weighted by molar-refractivity contribution is -0.169. The van der Waals surface area contributed by atoms with Gasteiger partial charge in [-0.05, 0) is 106 Å². The lowest BCUT2D eigenvalue weighted by Crippen LogP contribution is -2.58. The van der Waals surface area contributed by atoms with Crippen LogP contribution in [0.1, 0.15) is 78.6 Å². The average Bonchev–Trinajstić information content (AvgIpc) is 2.91. The van der Waals surface area contributed by atoms with Crippen LogP contribution in [0.5, 0.6) is 0 Å². The third-order valence-electron chi connectivity index (χ3n) is 9.26. The molecule has 142 valence electrons. The summed E-state index contributed by atoms with van der Waals surface area (Å²) in [6.07, 6.45) is 13.7. The molecule has 1 N–H and O–H groups in total. The molecular weight excluding hydrogens is 308 g/mol. The van der Waals surface area contributed by atoms with Gasteiger partial charge in [0.05, 0.1) is 12.2 Å². The molecule has 4 fully saturated rings. The maximum atomic E-state index is 10.7. The van der Waals surface area contributed by atoms with Gasteiger partial charge in [0.25, 0.3) is 0 Å². The lowest BCUT2D eigenvalue weighted by atomic mass is 9.44. The average molecular weight is 347 g/mol. The van der Waals surface area contributed by atoms with Gasteiger partial charge in [-0.15, -0.1) is 0 Å². The molecule has 0 heterocycles. The summed E-state index contributed by atoms with van der Waals surface area (Å²) in [5.41, 5.74) is 2.09. The van der Waals surface area contributed by atoms with Crippen LogP contribution in [-0.2, 0) is 4.74 Å². The van der Waals surface area contributed by atoms with E-state index < -0.39 is 5.60 Å². The van der Waals surface area contributed by atoms with Crippen molar-refractivity contribution in [3.63, 3.8) is 0 Å². The second kappa shape index (κ2) is 6.09. The zero-order valence-corrected chi connectivity index (χ0v) is 16.8. The number of allylic oxidation sites excluding steroid dienone is 2. The highest BCUT2D eigenvalue weighted by atomic mass is 16.5. The molecule has 4 aliphatic rings. The minimum Gasteiger partial charge on any atom is -0.390 e. The van der Waals surface area contributed by atoms with Gasteiger partial charge < -0.3 is 9.84 Å². The maximum absolute atomic E-state index is 10.7. The fourth-order valence-corrected chi connectivity index (χ4v) is 8.11. The van der Waals surface area contributed by atoms with E-state index >= 15 is 0 Å². The number of fused-ring (bicyclic) bond motifs is 5. The molecule has 0 amide bonds. The van der Waals surface area contributed by atoms with Crippen molar-refractivity contribution in [3.05, 3.63) is 11.6 Å². The molecule has 0 aromatic carbocycles. The summed E-state index contributed by atoms with van der Waals surface area (Å²) in [6, 6.07) is 0.